The fraction of sp³-hybridized carbons (Fsp3) is 0.542. The number of ether oxygens (including phenoxy) is 2. The highest BCUT2D eigenvalue weighted by Crippen LogP contribution is 2.33. The van der Waals surface area contributed by atoms with Crippen LogP contribution in [0.4, 0.5) is 5.69 Å². The zero-order chi connectivity index (χ0) is 20.7. The fourth-order valence-electron chi connectivity index (χ4n) is 3.36. The third-order valence-corrected chi connectivity index (χ3v) is 4.94. The van der Waals surface area contributed by atoms with Crippen LogP contribution in [-0.4, -0.2) is 24.2 Å². The molecule has 0 radical (unpaired) electrons. The van der Waals surface area contributed by atoms with E-state index >= 15 is 0 Å². The van der Waals surface area contributed by atoms with E-state index in [1.165, 1.54) is 0 Å². The van der Waals surface area contributed by atoms with Crippen molar-refractivity contribution < 1.29 is 14.3 Å². The molecule has 0 saturated heterocycles. The molecule has 0 aromatic heterocycles. The first kappa shape index (κ1) is 22.2. The van der Waals surface area contributed by atoms with Gasteiger partial charge in [-0.3, -0.25) is 4.79 Å². The first-order valence-electron chi connectivity index (χ1n) is 10.4. The minimum Gasteiger partial charge on any atom is -0.490 e. The average Bonchev–Trinajstić information content (AvgIpc) is 2.67. The van der Waals surface area contributed by atoms with Crippen molar-refractivity contribution in [3.63, 3.8) is 0 Å². The number of hydrogen-bond acceptors (Lipinski definition) is 3. The Morgan fingerprint density at radius 1 is 1.07 bits per heavy atom. The fourth-order valence-corrected chi connectivity index (χ4v) is 3.36. The molecular weight excluding hydrogens is 350 g/mol. The Bertz CT molecular complexity index is 787. The number of carbonyl (C=O) groups excluding carboxylic acids is 1. The summed E-state index contributed by atoms with van der Waals surface area (Å²) in [5, 5.41) is 5.09. The van der Waals surface area contributed by atoms with Crippen LogP contribution in [0.15, 0.2) is 36.4 Å². The molecule has 2 atom stereocenters. The number of hydrogen-bond donors (Lipinski definition) is 1. The van der Waals surface area contributed by atoms with Crippen molar-refractivity contribution in [2.45, 2.75) is 72.5 Å². The van der Waals surface area contributed by atoms with Crippen molar-refractivity contribution >= 4 is 22.4 Å². The molecule has 1 N–H and O–H groups in total. The molecule has 0 aliphatic heterocycles. The Morgan fingerprint density at radius 3 is 2.36 bits per heavy atom. The summed E-state index contributed by atoms with van der Waals surface area (Å²) >= 11 is 0. The molecular formula is C24H35NO3. The van der Waals surface area contributed by atoms with E-state index in [1.54, 1.807) is 0 Å². The highest BCUT2D eigenvalue weighted by Gasteiger charge is 2.35. The average molecular weight is 386 g/mol. The Hall–Kier alpha value is -2.07. The maximum absolute atomic E-state index is 13.2. The van der Waals surface area contributed by atoms with Crippen molar-refractivity contribution in [2.24, 2.45) is 5.92 Å². The van der Waals surface area contributed by atoms with Crippen molar-refractivity contribution in [2.75, 3.05) is 11.9 Å². The van der Waals surface area contributed by atoms with E-state index in [-0.39, 0.29) is 12.0 Å². The van der Waals surface area contributed by atoms with Crippen molar-refractivity contribution in [1.29, 1.82) is 0 Å². The van der Waals surface area contributed by atoms with E-state index in [4.69, 9.17) is 9.47 Å². The second kappa shape index (κ2) is 9.92. The predicted octanol–water partition coefficient (Wildman–Crippen LogP) is 6.19. The van der Waals surface area contributed by atoms with Crippen LogP contribution in [0.3, 0.4) is 0 Å². The summed E-state index contributed by atoms with van der Waals surface area (Å²) < 4.78 is 12.1. The molecule has 4 nitrogen and oxygen atoms in total. The summed E-state index contributed by atoms with van der Waals surface area (Å²) in [4.78, 5) is 13.2. The molecule has 0 saturated carbocycles. The highest BCUT2D eigenvalue weighted by molar-refractivity contribution is 6.06. The second-order valence-corrected chi connectivity index (χ2v) is 8.12. The summed E-state index contributed by atoms with van der Waals surface area (Å²) in [6.07, 6.45) is 2.63. The number of carbonyl (C=O) groups is 1. The molecule has 4 heteroatoms. The van der Waals surface area contributed by atoms with Gasteiger partial charge in [0.05, 0.1) is 6.10 Å². The van der Waals surface area contributed by atoms with E-state index in [2.05, 4.69) is 39.9 Å². The lowest BCUT2D eigenvalue weighted by Crippen LogP contribution is -2.44. The van der Waals surface area contributed by atoms with Crippen LogP contribution in [-0.2, 0) is 9.53 Å². The molecule has 0 unspecified atom stereocenters. The summed E-state index contributed by atoms with van der Waals surface area (Å²) in [5.41, 5.74) is -0.0656. The molecule has 0 bridgehead atoms. The van der Waals surface area contributed by atoms with Gasteiger partial charge in [-0.05, 0) is 51.2 Å². The molecule has 0 heterocycles. The zero-order valence-electron chi connectivity index (χ0n) is 18.2. The number of benzene rings is 2. The van der Waals surface area contributed by atoms with Crippen LogP contribution in [0.25, 0.3) is 10.8 Å². The molecule has 0 spiro atoms. The lowest BCUT2D eigenvalue weighted by molar-refractivity contribution is -0.141. The van der Waals surface area contributed by atoms with Gasteiger partial charge in [0.2, 0.25) is 0 Å². The molecule has 2 rings (SSSR count). The smallest absolute Gasteiger partial charge is 0.256 e. The molecule has 1 amide bonds. The predicted molar refractivity (Wildman–Crippen MR) is 117 cm³/mol. The minimum absolute atomic E-state index is 0.101. The lowest BCUT2D eigenvalue weighted by atomic mass is 9.92. The standard InChI is InChI=1S/C24H35NO3/c1-7-15-27-24(6,16-17(3)4)23(26)25-21-13-14-22(28-18(5)8-2)20-12-10-9-11-19(20)21/h9-14,17-18H,7-8,15-16H2,1-6H3,(H,25,26)/t18-,24-/m1/s1. The van der Waals surface area contributed by atoms with E-state index in [0.29, 0.717) is 18.9 Å². The zero-order valence-corrected chi connectivity index (χ0v) is 18.2. The summed E-state index contributed by atoms with van der Waals surface area (Å²) in [7, 11) is 0. The van der Waals surface area contributed by atoms with E-state index in [1.807, 2.05) is 43.3 Å². The number of rotatable bonds is 10. The van der Waals surface area contributed by atoms with Gasteiger partial charge in [0.1, 0.15) is 11.4 Å². The van der Waals surface area contributed by atoms with Crippen molar-refractivity contribution in [3.05, 3.63) is 36.4 Å². The maximum atomic E-state index is 13.2. The van der Waals surface area contributed by atoms with Crippen LogP contribution in [0.1, 0.15) is 60.8 Å². The van der Waals surface area contributed by atoms with Gasteiger partial charge in [0, 0.05) is 23.1 Å². The van der Waals surface area contributed by atoms with Gasteiger partial charge in [-0.2, -0.15) is 0 Å². The second-order valence-electron chi connectivity index (χ2n) is 8.12. The quantitative estimate of drug-likeness (QED) is 0.531. The van der Waals surface area contributed by atoms with Gasteiger partial charge in [0.25, 0.3) is 5.91 Å². The molecule has 2 aromatic rings. The van der Waals surface area contributed by atoms with E-state index < -0.39 is 5.60 Å². The number of amides is 1. The Morgan fingerprint density at radius 2 is 1.75 bits per heavy atom. The summed E-state index contributed by atoms with van der Waals surface area (Å²) in [6, 6.07) is 11.9. The highest BCUT2D eigenvalue weighted by atomic mass is 16.5. The molecule has 0 aliphatic rings. The third-order valence-electron chi connectivity index (χ3n) is 4.94. The Balaban J connectivity index is 2.34. The maximum Gasteiger partial charge on any atom is 0.256 e. The minimum atomic E-state index is -0.850. The van der Waals surface area contributed by atoms with Crippen molar-refractivity contribution in [1.82, 2.24) is 0 Å². The lowest BCUT2D eigenvalue weighted by Gasteiger charge is -2.30. The Labute approximate surface area is 169 Å². The molecule has 154 valence electrons. The topological polar surface area (TPSA) is 47.6 Å². The van der Waals surface area contributed by atoms with Crippen LogP contribution in [0.5, 0.6) is 5.75 Å². The summed E-state index contributed by atoms with van der Waals surface area (Å²) in [6.45, 7) is 12.9. The normalized spacial score (nSPS) is 14.7. The number of anilines is 1. The number of nitrogens with one attached hydrogen (secondary N) is 1. The molecule has 0 aliphatic carbocycles. The van der Waals surface area contributed by atoms with Crippen LogP contribution in [0, 0.1) is 5.92 Å². The van der Waals surface area contributed by atoms with Gasteiger partial charge >= 0.3 is 0 Å². The largest absolute Gasteiger partial charge is 0.490 e. The first-order valence-corrected chi connectivity index (χ1v) is 10.4. The van der Waals surface area contributed by atoms with Crippen LogP contribution < -0.4 is 10.1 Å². The van der Waals surface area contributed by atoms with Crippen LogP contribution in [0.2, 0.25) is 0 Å². The van der Waals surface area contributed by atoms with E-state index in [0.717, 1.165) is 35.1 Å². The van der Waals surface area contributed by atoms with Crippen molar-refractivity contribution in [3.8, 4) is 5.75 Å². The van der Waals surface area contributed by atoms with Gasteiger partial charge in [-0.15, -0.1) is 0 Å². The van der Waals surface area contributed by atoms with E-state index in [9.17, 15) is 4.79 Å². The first-order chi connectivity index (χ1) is 13.3. The summed E-state index contributed by atoms with van der Waals surface area (Å²) in [5.74, 6) is 1.10. The number of fused-ring (bicyclic) bond motifs is 1. The Kier molecular flexibility index (Phi) is 7.88. The van der Waals surface area contributed by atoms with Gasteiger partial charge in [0.15, 0.2) is 0 Å². The third kappa shape index (κ3) is 5.48. The monoisotopic (exact) mass is 385 g/mol. The van der Waals surface area contributed by atoms with Gasteiger partial charge < -0.3 is 14.8 Å². The molecule has 28 heavy (non-hydrogen) atoms. The van der Waals surface area contributed by atoms with Gasteiger partial charge in [-0.1, -0.05) is 52.0 Å². The van der Waals surface area contributed by atoms with Gasteiger partial charge in [-0.25, -0.2) is 0 Å². The van der Waals surface area contributed by atoms with Crippen LogP contribution >= 0.6 is 0 Å². The molecule has 2 aromatic carbocycles. The molecule has 0 fully saturated rings. The SMILES string of the molecule is CCCO[C@](C)(CC(C)C)C(=O)Nc1ccc(O[C@H](C)CC)c2ccccc12.